The Hall–Kier alpha value is -1.03. The quantitative estimate of drug-likeness (QED) is 0.541. The van der Waals surface area contributed by atoms with Crippen molar-refractivity contribution >= 4 is 56.1 Å². The van der Waals surface area contributed by atoms with Crippen LogP contribution in [-0.2, 0) is 0 Å². The summed E-state index contributed by atoms with van der Waals surface area (Å²) in [5, 5.41) is 10.6. The fraction of sp³-hybridized carbons (Fsp3) is 0.429. The molecule has 118 valence electrons. The van der Waals surface area contributed by atoms with Crippen LogP contribution in [0.25, 0.3) is 0 Å². The van der Waals surface area contributed by atoms with Crippen LogP contribution in [0.3, 0.4) is 0 Å². The topological polar surface area (TPSA) is 100 Å². The van der Waals surface area contributed by atoms with E-state index in [-0.39, 0.29) is 17.7 Å². The monoisotopic (exact) mass is 477 g/mol. The lowest BCUT2D eigenvalue weighted by Gasteiger charge is -2.46. The summed E-state index contributed by atoms with van der Waals surface area (Å²) in [6.45, 7) is 0. The number of benzene rings is 1. The molecule has 1 aromatic rings. The van der Waals surface area contributed by atoms with Gasteiger partial charge in [0.25, 0.3) is 0 Å². The molecule has 0 atom stereocenters. The van der Waals surface area contributed by atoms with E-state index in [0.717, 1.165) is 33.7 Å². The first-order chi connectivity index (χ1) is 10.4. The van der Waals surface area contributed by atoms with Crippen LogP contribution in [-0.4, -0.2) is 22.7 Å². The molecular formula is C14H17BrIN5O. The zero-order chi connectivity index (χ0) is 15.9. The molecule has 1 aliphatic heterocycles. The molecule has 8 heteroatoms. The van der Waals surface area contributed by atoms with E-state index in [1.54, 1.807) is 0 Å². The van der Waals surface area contributed by atoms with Crippen LogP contribution in [0.2, 0.25) is 0 Å². The maximum absolute atomic E-state index is 10.6. The molecular weight excluding hydrogens is 461 g/mol. The van der Waals surface area contributed by atoms with Crippen LogP contribution >= 0.6 is 38.5 Å². The fourth-order valence-corrected chi connectivity index (χ4v) is 4.12. The fourth-order valence-electron chi connectivity index (χ4n) is 3.19. The Morgan fingerprint density at radius 1 is 1.23 bits per heavy atom. The van der Waals surface area contributed by atoms with Crippen molar-refractivity contribution in [3.8, 4) is 5.75 Å². The van der Waals surface area contributed by atoms with Gasteiger partial charge < -0.3 is 16.6 Å². The first-order valence-corrected chi connectivity index (χ1v) is 8.98. The Morgan fingerprint density at radius 2 is 1.91 bits per heavy atom. The molecule has 0 unspecified atom stereocenters. The van der Waals surface area contributed by atoms with E-state index in [9.17, 15) is 5.11 Å². The molecule has 0 bridgehead atoms. The third-order valence-electron chi connectivity index (χ3n) is 4.13. The predicted octanol–water partition coefficient (Wildman–Crippen LogP) is 2.87. The van der Waals surface area contributed by atoms with Crippen LogP contribution in [0.1, 0.15) is 32.1 Å². The molecule has 0 aromatic heterocycles. The van der Waals surface area contributed by atoms with Gasteiger partial charge in [0.05, 0.1) is 3.57 Å². The van der Waals surface area contributed by atoms with E-state index in [1.807, 2.05) is 17.0 Å². The summed E-state index contributed by atoms with van der Waals surface area (Å²) in [4.78, 5) is 10.6. The van der Waals surface area contributed by atoms with Crippen LogP contribution in [0.4, 0.5) is 5.69 Å². The number of hydrogen-bond acceptors (Lipinski definition) is 6. The predicted molar refractivity (Wildman–Crippen MR) is 100 cm³/mol. The van der Waals surface area contributed by atoms with E-state index < -0.39 is 5.66 Å². The van der Waals surface area contributed by atoms with E-state index in [1.165, 1.54) is 6.42 Å². The number of nitrogens with zero attached hydrogens (tertiary/aromatic N) is 3. The first-order valence-electron chi connectivity index (χ1n) is 7.11. The summed E-state index contributed by atoms with van der Waals surface area (Å²) < 4.78 is 1.50. The highest BCUT2D eigenvalue weighted by atomic mass is 127. The molecule has 1 aromatic carbocycles. The number of phenols is 1. The Bertz CT molecular complexity index is 669. The van der Waals surface area contributed by atoms with E-state index in [2.05, 4.69) is 48.5 Å². The van der Waals surface area contributed by atoms with Gasteiger partial charge in [-0.15, -0.1) is 0 Å². The largest absolute Gasteiger partial charge is 0.505 e. The van der Waals surface area contributed by atoms with Gasteiger partial charge in [0.2, 0.25) is 11.9 Å². The van der Waals surface area contributed by atoms with Crippen LogP contribution in [0.5, 0.6) is 5.75 Å². The van der Waals surface area contributed by atoms with Gasteiger partial charge in [-0.3, -0.25) is 4.90 Å². The number of rotatable bonds is 1. The molecule has 1 heterocycles. The van der Waals surface area contributed by atoms with Crippen LogP contribution in [0.15, 0.2) is 26.6 Å². The Kier molecular flexibility index (Phi) is 4.23. The second kappa shape index (κ2) is 5.88. The summed E-state index contributed by atoms with van der Waals surface area (Å²) in [6, 6.07) is 3.73. The highest BCUT2D eigenvalue weighted by Crippen LogP contribution is 2.46. The maximum Gasteiger partial charge on any atom is 0.220 e. The van der Waals surface area contributed by atoms with Gasteiger partial charge in [-0.25, -0.2) is 4.99 Å². The normalized spacial score (nSPS) is 20.7. The number of nitrogens with two attached hydrogens (primary N) is 2. The lowest BCUT2D eigenvalue weighted by molar-refractivity contribution is 0.303. The molecule has 1 spiro atoms. The number of guanidine groups is 2. The Balaban J connectivity index is 2.19. The lowest BCUT2D eigenvalue weighted by Crippen LogP contribution is -2.58. The average molecular weight is 478 g/mol. The Labute approximate surface area is 150 Å². The number of halogens is 2. The van der Waals surface area contributed by atoms with Gasteiger partial charge in [-0.05, 0) is 76.3 Å². The highest BCUT2D eigenvalue weighted by molar-refractivity contribution is 14.1. The van der Waals surface area contributed by atoms with Gasteiger partial charge in [0.1, 0.15) is 11.4 Å². The molecule has 22 heavy (non-hydrogen) atoms. The molecule has 0 saturated heterocycles. The minimum absolute atomic E-state index is 0.175. The van der Waals surface area contributed by atoms with Crippen molar-refractivity contribution in [1.29, 1.82) is 0 Å². The summed E-state index contributed by atoms with van der Waals surface area (Å²) in [5.41, 5.74) is 12.1. The van der Waals surface area contributed by atoms with E-state index >= 15 is 0 Å². The minimum atomic E-state index is -0.557. The molecule has 2 aliphatic rings. The van der Waals surface area contributed by atoms with Gasteiger partial charge in [-0.1, -0.05) is 6.42 Å². The highest BCUT2D eigenvalue weighted by Gasteiger charge is 2.44. The Morgan fingerprint density at radius 3 is 2.59 bits per heavy atom. The van der Waals surface area contributed by atoms with Crippen molar-refractivity contribution in [2.75, 3.05) is 4.90 Å². The van der Waals surface area contributed by atoms with Gasteiger partial charge in [0.15, 0.2) is 5.75 Å². The smallest absolute Gasteiger partial charge is 0.220 e. The van der Waals surface area contributed by atoms with Gasteiger partial charge in [0, 0.05) is 4.47 Å². The molecule has 1 saturated carbocycles. The molecule has 1 fully saturated rings. The first kappa shape index (κ1) is 15.9. The second-order valence-corrected chi connectivity index (χ2v) is 7.56. The standard InChI is InChI=1S/C14H17BrIN5O/c15-8-4-5-9(16)11(22)10(8)21-13(18)19-12(17)20-14(21)6-2-1-3-7-14/h4-5,22H,1-3,6-7H2,(H4,17,18,19,20). The number of hydrogen-bond donors (Lipinski definition) is 3. The zero-order valence-electron chi connectivity index (χ0n) is 11.9. The van der Waals surface area contributed by atoms with Crippen molar-refractivity contribution in [3.63, 3.8) is 0 Å². The number of phenolic OH excluding ortho intramolecular Hbond substituents is 1. The number of aliphatic imine (C=N–C) groups is 2. The van der Waals surface area contributed by atoms with E-state index in [0.29, 0.717) is 5.69 Å². The molecule has 3 rings (SSSR count). The molecule has 0 amide bonds. The molecule has 6 nitrogen and oxygen atoms in total. The third kappa shape index (κ3) is 2.55. The molecule has 1 aliphatic carbocycles. The molecule has 5 N–H and O–H groups in total. The molecule has 0 radical (unpaired) electrons. The van der Waals surface area contributed by atoms with Crippen LogP contribution < -0.4 is 16.4 Å². The van der Waals surface area contributed by atoms with Crippen LogP contribution in [0, 0.1) is 3.57 Å². The third-order valence-corrected chi connectivity index (χ3v) is 5.64. The summed E-state index contributed by atoms with van der Waals surface area (Å²) in [5.74, 6) is 0.651. The van der Waals surface area contributed by atoms with Crippen molar-refractivity contribution in [2.24, 2.45) is 21.5 Å². The average Bonchev–Trinajstić information content (AvgIpc) is 2.47. The van der Waals surface area contributed by atoms with Crippen molar-refractivity contribution in [2.45, 2.75) is 37.8 Å². The van der Waals surface area contributed by atoms with Gasteiger partial charge in [-0.2, -0.15) is 4.99 Å². The number of anilines is 1. The second-order valence-electron chi connectivity index (χ2n) is 5.54. The van der Waals surface area contributed by atoms with Crippen molar-refractivity contribution < 1.29 is 5.11 Å². The summed E-state index contributed by atoms with van der Waals surface area (Å²) in [6.07, 6.45) is 4.93. The number of aromatic hydroxyl groups is 1. The van der Waals surface area contributed by atoms with E-state index in [4.69, 9.17) is 11.5 Å². The zero-order valence-corrected chi connectivity index (χ0v) is 15.6. The van der Waals surface area contributed by atoms with Gasteiger partial charge >= 0.3 is 0 Å². The van der Waals surface area contributed by atoms with Crippen molar-refractivity contribution in [3.05, 3.63) is 20.2 Å². The summed E-state index contributed by atoms with van der Waals surface area (Å²) in [7, 11) is 0. The van der Waals surface area contributed by atoms with Crippen molar-refractivity contribution in [1.82, 2.24) is 0 Å². The minimum Gasteiger partial charge on any atom is -0.505 e. The maximum atomic E-state index is 10.6. The summed E-state index contributed by atoms with van der Waals surface area (Å²) >= 11 is 5.61. The SMILES string of the molecule is NC1=NC2(CCCCC2)N(c2c(Br)ccc(I)c2O)C(N)=N1. The lowest BCUT2D eigenvalue weighted by atomic mass is 9.87.